The first-order valence-electron chi connectivity index (χ1n) is 5.63. The fraction of sp³-hybridized carbons (Fsp3) is 0.545. The molecule has 0 N–H and O–H groups in total. The molecule has 92 valence electrons. The fourth-order valence-corrected chi connectivity index (χ4v) is 1.75. The zero-order valence-corrected chi connectivity index (χ0v) is 10.8. The Balaban J connectivity index is 2.10. The number of halogens is 1. The lowest BCUT2D eigenvalue weighted by molar-refractivity contribution is 0.456. The average molecular weight is 254 g/mol. The van der Waals surface area contributed by atoms with Crippen molar-refractivity contribution in [3.05, 3.63) is 30.1 Å². The molecular weight excluding hydrogens is 238 g/mol. The van der Waals surface area contributed by atoms with Gasteiger partial charge in [0.25, 0.3) is 0 Å². The van der Waals surface area contributed by atoms with Gasteiger partial charge in [0, 0.05) is 18.3 Å². The van der Waals surface area contributed by atoms with Crippen LogP contribution in [0.15, 0.2) is 18.7 Å². The van der Waals surface area contributed by atoms with Gasteiger partial charge in [-0.15, -0.1) is 11.6 Å². The van der Waals surface area contributed by atoms with Crippen molar-refractivity contribution in [3.63, 3.8) is 0 Å². The van der Waals surface area contributed by atoms with Crippen molar-refractivity contribution < 1.29 is 0 Å². The van der Waals surface area contributed by atoms with Crippen LogP contribution in [0.25, 0.3) is 0 Å². The van der Waals surface area contributed by atoms with Crippen LogP contribution in [0.1, 0.15) is 25.2 Å². The van der Waals surface area contributed by atoms with Crippen molar-refractivity contribution in [2.45, 2.75) is 32.8 Å². The molecule has 0 bridgehead atoms. The molecule has 2 rings (SSSR count). The minimum Gasteiger partial charge on any atom is -0.265 e. The van der Waals surface area contributed by atoms with Crippen LogP contribution in [0, 0.1) is 5.92 Å². The van der Waals surface area contributed by atoms with E-state index in [2.05, 4.69) is 29.0 Å². The second kappa shape index (κ2) is 5.31. The van der Waals surface area contributed by atoms with Crippen LogP contribution in [0.3, 0.4) is 0 Å². The molecule has 0 unspecified atom stereocenters. The number of aromatic nitrogens is 5. The zero-order chi connectivity index (χ0) is 12.3. The lowest BCUT2D eigenvalue weighted by Crippen LogP contribution is -2.13. The van der Waals surface area contributed by atoms with Crippen LogP contribution >= 0.6 is 11.6 Å². The first-order valence-corrected chi connectivity index (χ1v) is 6.16. The molecule has 0 spiro atoms. The minimum atomic E-state index is 0.485. The average Bonchev–Trinajstić information content (AvgIpc) is 2.89. The van der Waals surface area contributed by atoms with Gasteiger partial charge in [-0.25, -0.2) is 9.67 Å². The Morgan fingerprint density at radius 1 is 1.35 bits per heavy atom. The Hall–Kier alpha value is -1.36. The molecule has 0 atom stereocenters. The van der Waals surface area contributed by atoms with E-state index >= 15 is 0 Å². The predicted molar refractivity (Wildman–Crippen MR) is 65.7 cm³/mol. The monoisotopic (exact) mass is 253 g/mol. The Bertz CT molecular complexity index is 474. The minimum absolute atomic E-state index is 0.485. The summed E-state index contributed by atoms with van der Waals surface area (Å²) in [5, 5.41) is 8.45. The van der Waals surface area contributed by atoms with E-state index in [0.29, 0.717) is 18.3 Å². The van der Waals surface area contributed by atoms with E-state index in [0.717, 1.165) is 17.9 Å². The maximum absolute atomic E-state index is 5.74. The van der Waals surface area contributed by atoms with Gasteiger partial charge >= 0.3 is 0 Å². The van der Waals surface area contributed by atoms with Gasteiger partial charge < -0.3 is 0 Å². The lowest BCUT2D eigenvalue weighted by Gasteiger charge is -2.08. The molecule has 0 saturated heterocycles. The highest BCUT2D eigenvalue weighted by molar-refractivity contribution is 6.17. The Morgan fingerprint density at radius 2 is 2.18 bits per heavy atom. The highest BCUT2D eigenvalue weighted by Crippen LogP contribution is 2.05. The van der Waals surface area contributed by atoms with Crippen molar-refractivity contribution in [1.82, 2.24) is 24.5 Å². The van der Waals surface area contributed by atoms with E-state index < -0.39 is 0 Å². The molecule has 0 saturated carbocycles. The van der Waals surface area contributed by atoms with Crippen LogP contribution in [0.2, 0.25) is 0 Å². The Labute approximate surface area is 105 Å². The van der Waals surface area contributed by atoms with E-state index in [-0.39, 0.29) is 0 Å². The molecule has 0 radical (unpaired) electrons. The molecule has 0 fully saturated rings. The quantitative estimate of drug-likeness (QED) is 0.765. The summed E-state index contributed by atoms with van der Waals surface area (Å²) in [7, 11) is 0. The third-order valence-corrected chi connectivity index (χ3v) is 2.69. The molecule has 0 aliphatic rings. The normalized spacial score (nSPS) is 11.3. The van der Waals surface area contributed by atoms with E-state index in [9.17, 15) is 0 Å². The molecule has 0 aromatic carbocycles. The van der Waals surface area contributed by atoms with Gasteiger partial charge in [-0.2, -0.15) is 10.2 Å². The zero-order valence-electron chi connectivity index (χ0n) is 10.0. The molecule has 2 aromatic heterocycles. The summed E-state index contributed by atoms with van der Waals surface area (Å²) in [6, 6.07) is 0. The largest absolute Gasteiger partial charge is 0.265 e. The molecule has 17 heavy (non-hydrogen) atoms. The molecule has 5 nitrogen and oxygen atoms in total. The van der Waals surface area contributed by atoms with E-state index in [1.807, 2.05) is 15.6 Å². The summed E-state index contributed by atoms with van der Waals surface area (Å²) in [6.07, 6.45) is 5.29. The third-order valence-electron chi connectivity index (χ3n) is 2.38. The summed E-state index contributed by atoms with van der Waals surface area (Å²) in [6.45, 7) is 5.82. The molecular formula is C11H16ClN5. The summed E-state index contributed by atoms with van der Waals surface area (Å²) >= 11 is 5.74. The first-order chi connectivity index (χ1) is 8.19. The predicted octanol–water partition coefficient (Wildman–Crippen LogP) is 1.92. The second-order valence-corrected chi connectivity index (χ2v) is 4.70. The van der Waals surface area contributed by atoms with Gasteiger partial charge in [0.2, 0.25) is 0 Å². The van der Waals surface area contributed by atoms with E-state index in [1.54, 1.807) is 12.5 Å². The maximum atomic E-state index is 5.74. The molecule has 2 heterocycles. The number of nitrogens with zero attached hydrogens (tertiary/aromatic N) is 5. The fourth-order valence-electron chi connectivity index (χ4n) is 1.62. The Kier molecular flexibility index (Phi) is 3.78. The van der Waals surface area contributed by atoms with Crippen molar-refractivity contribution in [2.24, 2.45) is 5.92 Å². The SMILES string of the molecule is CC(C)Cn1ncnc1Cn1cc(CCl)cn1. The van der Waals surface area contributed by atoms with Gasteiger partial charge in [-0.05, 0) is 5.92 Å². The van der Waals surface area contributed by atoms with Gasteiger partial charge in [-0.1, -0.05) is 13.8 Å². The maximum Gasteiger partial charge on any atom is 0.148 e. The van der Waals surface area contributed by atoms with Crippen LogP contribution in [-0.2, 0) is 19.0 Å². The van der Waals surface area contributed by atoms with Crippen LogP contribution in [0.4, 0.5) is 0 Å². The van der Waals surface area contributed by atoms with E-state index in [4.69, 9.17) is 11.6 Å². The van der Waals surface area contributed by atoms with Crippen molar-refractivity contribution in [3.8, 4) is 0 Å². The highest BCUT2D eigenvalue weighted by Gasteiger charge is 2.07. The van der Waals surface area contributed by atoms with Crippen LogP contribution in [0.5, 0.6) is 0 Å². The highest BCUT2D eigenvalue weighted by atomic mass is 35.5. The van der Waals surface area contributed by atoms with E-state index in [1.165, 1.54) is 0 Å². The number of alkyl halides is 1. The summed E-state index contributed by atoms with van der Waals surface area (Å²) in [4.78, 5) is 4.26. The van der Waals surface area contributed by atoms with Crippen LogP contribution < -0.4 is 0 Å². The number of hydrogen-bond donors (Lipinski definition) is 0. The molecule has 0 amide bonds. The molecule has 0 aliphatic carbocycles. The van der Waals surface area contributed by atoms with Gasteiger partial charge in [0.05, 0.1) is 12.1 Å². The van der Waals surface area contributed by atoms with Crippen molar-refractivity contribution >= 4 is 11.6 Å². The summed E-state index contributed by atoms with van der Waals surface area (Å²) in [5.41, 5.74) is 1.02. The number of rotatable bonds is 5. The summed E-state index contributed by atoms with van der Waals surface area (Å²) < 4.78 is 3.76. The standard InChI is InChI=1S/C11H16ClN5/c1-9(2)5-17-11(13-8-15-17)7-16-6-10(3-12)4-14-16/h4,6,8-9H,3,5,7H2,1-2H3. The lowest BCUT2D eigenvalue weighted by atomic mass is 10.2. The summed E-state index contributed by atoms with van der Waals surface area (Å²) in [5.74, 6) is 1.95. The Morgan fingerprint density at radius 3 is 2.82 bits per heavy atom. The van der Waals surface area contributed by atoms with Crippen molar-refractivity contribution in [2.75, 3.05) is 0 Å². The van der Waals surface area contributed by atoms with Gasteiger partial charge in [0.1, 0.15) is 18.7 Å². The molecule has 6 heteroatoms. The van der Waals surface area contributed by atoms with Crippen LogP contribution in [-0.4, -0.2) is 24.5 Å². The van der Waals surface area contributed by atoms with Gasteiger partial charge in [0.15, 0.2) is 0 Å². The first kappa shape index (κ1) is 12.1. The number of hydrogen-bond acceptors (Lipinski definition) is 3. The molecule has 2 aromatic rings. The second-order valence-electron chi connectivity index (χ2n) is 4.43. The molecule has 0 aliphatic heterocycles. The van der Waals surface area contributed by atoms with Gasteiger partial charge in [-0.3, -0.25) is 4.68 Å². The van der Waals surface area contributed by atoms with Crippen molar-refractivity contribution in [1.29, 1.82) is 0 Å². The third kappa shape index (κ3) is 3.06. The topological polar surface area (TPSA) is 48.5 Å². The smallest absolute Gasteiger partial charge is 0.148 e.